The van der Waals surface area contributed by atoms with Crippen molar-refractivity contribution in [2.24, 2.45) is 0 Å². The highest BCUT2D eigenvalue weighted by Crippen LogP contribution is 2.24. The Bertz CT molecular complexity index is 689. The van der Waals surface area contributed by atoms with E-state index in [1.165, 1.54) is 0 Å². The number of aromatic nitrogens is 1. The lowest BCUT2D eigenvalue weighted by Crippen LogP contribution is -2.51. The number of hydrogen-bond acceptors (Lipinski definition) is 4. The van der Waals surface area contributed by atoms with Crippen LogP contribution in [-0.2, 0) is 0 Å². The van der Waals surface area contributed by atoms with Crippen molar-refractivity contribution >= 4 is 16.7 Å². The van der Waals surface area contributed by atoms with Crippen LogP contribution in [0.5, 0.6) is 0 Å². The molecule has 4 heteroatoms. The number of para-hydroxylation sites is 1. The number of rotatable bonds is 2. The van der Waals surface area contributed by atoms with E-state index in [0.717, 1.165) is 42.8 Å². The van der Waals surface area contributed by atoms with E-state index in [0.29, 0.717) is 11.6 Å². The van der Waals surface area contributed by atoms with Crippen molar-refractivity contribution in [3.63, 3.8) is 0 Å². The predicted molar refractivity (Wildman–Crippen MR) is 85.4 cm³/mol. The number of pyridine rings is 1. The second kappa shape index (κ2) is 5.71. The van der Waals surface area contributed by atoms with Crippen LogP contribution in [0.1, 0.15) is 18.9 Å². The van der Waals surface area contributed by atoms with Gasteiger partial charge in [-0.2, -0.15) is 5.26 Å². The van der Waals surface area contributed by atoms with Gasteiger partial charge in [-0.15, -0.1) is 0 Å². The molecular weight excluding hydrogens is 260 g/mol. The number of piperazine rings is 1. The molecule has 0 amide bonds. The van der Waals surface area contributed by atoms with Gasteiger partial charge in [0, 0.05) is 31.1 Å². The molecule has 1 aromatic heterocycles. The molecule has 108 valence electrons. The molecule has 1 aromatic carbocycles. The zero-order chi connectivity index (χ0) is 14.8. The summed E-state index contributed by atoms with van der Waals surface area (Å²) in [5.74, 6) is 0.928. The van der Waals surface area contributed by atoms with Gasteiger partial charge in [0.15, 0.2) is 0 Å². The lowest BCUT2D eigenvalue weighted by atomic mass is 10.1. The first-order chi connectivity index (χ1) is 10.2. The summed E-state index contributed by atoms with van der Waals surface area (Å²) in [7, 11) is 2.18. The van der Waals surface area contributed by atoms with Gasteiger partial charge < -0.3 is 4.90 Å². The number of nitrogens with zero attached hydrogens (tertiary/aromatic N) is 4. The van der Waals surface area contributed by atoms with Crippen molar-refractivity contribution in [1.29, 1.82) is 5.26 Å². The first-order valence-electron chi connectivity index (χ1n) is 7.48. The topological polar surface area (TPSA) is 43.2 Å². The Kier molecular flexibility index (Phi) is 3.76. The van der Waals surface area contributed by atoms with Crippen LogP contribution in [-0.4, -0.2) is 42.6 Å². The van der Waals surface area contributed by atoms with E-state index in [1.807, 2.05) is 30.3 Å². The third-order valence-corrected chi connectivity index (χ3v) is 4.40. The fourth-order valence-corrected chi connectivity index (χ4v) is 3.01. The van der Waals surface area contributed by atoms with E-state index in [1.54, 1.807) is 0 Å². The van der Waals surface area contributed by atoms with E-state index in [-0.39, 0.29) is 0 Å². The van der Waals surface area contributed by atoms with Crippen LogP contribution in [0.4, 0.5) is 5.82 Å². The molecule has 0 N–H and O–H groups in total. The van der Waals surface area contributed by atoms with Crippen molar-refractivity contribution in [3.8, 4) is 6.07 Å². The van der Waals surface area contributed by atoms with Crippen molar-refractivity contribution in [3.05, 3.63) is 35.9 Å². The van der Waals surface area contributed by atoms with Crippen LogP contribution in [0.25, 0.3) is 10.9 Å². The van der Waals surface area contributed by atoms with Crippen molar-refractivity contribution in [2.75, 3.05) is 31.6 Å². The Hall–Kier alpha value is -2.12. The standard InChI is InChI=1S/C17H20N4/c1-3-14-12-21(9-8-20(14)2)17-10-13(11-18)15-6-4-5-7-16(15)19-17/h4-7,10,14H,3,8-9,12H2,1-2H3. The number of anilines is 1. The molecular formula is C17H20N4. The van der Waals surface area contributed by atoms with Gasteiger partial charge in [-0.05, 0) is 25.6 Å². The molecule has 0 aliphatic carbocycles. The van der Waals surface area contributed by atoms with Crippen molar-refractivity contribution in [2.45, 2.75) is 19.4 Å². The zero-order valence-electron chi connectivity index (χ0n) is 12.6. The fourth-order valence-electron chi connectivity index (χ4n) is 3.01. The van der Waals surface area contributed by atoms with Crippen LogP contribution >= 0.6 is 0 Å². The highest BCUT2D eigenvalue weighted by molar-refractivity contribution is 5.86. The fraction of sp³-hybridized carbons (Fsp3) is 0.412. The van der Waals surface area contributed by atoms with Gasteiger partial charge in [-0.25, -0.2) is 4.98 Å². The number of likely N-dealkylation sites (N-methyl/N-ethyl adjacent to an activating group) is 1. The van der Waals surface area contributed by atoms with Crippen LogP contribution in [0.3, 0.4) is 0 Å². The largest absolute Gasteiger partial charge is 0.354 e. The molecule has 2 heterocycles. The smallest absolute Gasteiger partial charge is 0.130 e. The van der Waals surface area contributed by atoms with Gasteiger partial charge in [-0.3, -0.25) is 4.90 Å². The second-order valence-corrected chi connectivity index (χ2v) is 5.65. The first kappa shape index (κ1) is 13.8. The minimum atomic E-state index is 0.553. The van der Waals surface area contributed by atoms with Crippen LogP contribution in [0.15, 0.2) is 30.3 Å². The second-order valence-electron chi connectivity index (χ2n) is 5.65. The highest BCUT2D eigenvalue weighted by atomic mass is 15.3. The summed E-state index contributed by atoms with van der Waals surface area (Å²) in [6.07, 6.45) is 1.13. The van der Waals surface area contributed by atoms with Crippen LogP contribution < -0.4 is 4.90 Å². The molecule has 21 heavy (non-hydrogen) atoms. The molecule has 1 fully saturated rings. The summed E-state index contributed by atoms with van der Waals surface area (Å²) in [5, 5.41) is 10.3. The Morgan fingerprint density at radius 2 is 2.14 bits per heavy atom. The average molecular weight is 280 g/mol. The van der Waals surface area contributed by atoms with E-state index >= 15 is 0 Å². The molecule has 1 saturated heterocycles. The number of nitriles is 1. The molecule has 1 atom stereocenters. The third-order valence-electron chi connectivity index (χ3n) is 4.40. The van der Waals surface area contributed by atoms with Gasteiger partial charge in [0.1, 0.15) is 5.82 Å². The van der Waals surface area contributed by atoms with Crippen molar-refractivity contribution < 1.29 is 0 Å². The predicted octanol–water partition coefficient (Wildman–Crippen LogP) is 2.64. The molecule has 0 radical (unpaired) electrons. The molecule has 0 saturated carbocycles. The average Bonchev–Trinajstić information content (AvgIpc) is 2.54. The lowest BCUT2D eigenvalue weighted by Gasteiger charge is -2.39. The minimum Gasteiger partial charge on any atom is -0.354 e. The van der Waals surface area contributed by atoms with Gasteiger partial charge in [0.2, 0.25) is 0 Å². The minimum absolute atomic E-state index is 0.553. The maximum atomic E-state index is 9.39. The maximum absolute atomic E-state index is 9.39. The molecule has 3 rings (SSSR count). The van der Waals surface area contributed by atoms with E-state index in [2.05, 4.69) is 29.8 Å². The van der Waals surface area contributed by atoms with E-state index in [9.17, 15) is 5.26 Å². The molecule has 1 unspecified atom stereocenters. The number of hydrogen-bond donors (Lipinski definition) is 0. The lowest BCUT2D eigenvalue weighted by molar-refractivity contribution is 0.213. The Labute approximate surface area is 125 Å². The summed E-state index contributed by atoms with van der Waals surface area (Å²) in [5.41, 5.74) is 1.61. The van der Waals surface area contributed by atoms with Crippen LogP contribution in [0, 0.1) is 11.3 Å². The molecule has 0 bridgehead atoms. The summed E-state index contributed by atoms with van der Waals surface area (Å²) in [6, 6.07) is 12.7. The van der Waals surface area contributed by atoms with Gasteiger partial charge in [-0.1, -0.05) is 25.1 Å². The van der Waals surface area contributed by atoms with E-state index < -0.39 is 0 Å². The normalized spacial score (nSPS) is 19.7. The summed E-state index contributed by atoms with van der Waals surface area (Å²) >= 11 is 0. The summed E-state index contributed by atoms with van der Waals surface area (Å²) in [4.78, 5) is 9.47. The Morgan fingerprint density at radius 1 is 1.33 bits per heavy atom. The van der Waals surface area contributed by atoms with E-state index in [4.69, 9.17) is 4.98 Å². The SMILES string of the molecule is CCC1CN(c2cc(C#N)c3ccccc3n2)CCN1C. The maximum Gasteiger partial charge on any atom is 0.130 e. The molecule has 1 aliphatic rings. The first-order valence-corrected chi connectivity index (χ1v) is 7.48. The van der Waals surface area contributed by atoms with Crippen molar-refractivity contribution in [1.82, 2.24) is 9.88 Å². The van der Waals surface area contributed by atoms with Gasteiger partial charge in [0.25, 0.3) is 0 Å². The van der Waals surface area contributed by atoms with Crippen LogP contribution in [0.2, 0.25) is 0 Å². The Morgan fingerprint density at radius 3 is 2.90 bits per heavy atom. The number of fused-ring (bicyclic) bond motifs is 1. The molecule has 1 aliphatic heterocycles. The Balaban J connectivity index is 1.99. The number of benzene rings is 1. The highest BCUT2D eigenvalue weighted by Gasteiger charge is 2.24. The van der Waals surface area contributed by atoms with Gasteiger partial charge >= 0.3 is 0 Å². The summed E-state index contributed by atoms with van der Waals surface area (Å²) in [6.45, 7) is 5.19. The quantitative estimate of drug-likeness (QED) is 0.848. The third kappa shape index (κ3) is 2.57. The zero-order valence-corrected chi connectivity index (χ0v) is 12.6. The monoisotopic (exact) mass is 280 g/mol. The molecule has 0 spiro atoms. The molecule has 4 nitrogen and oxygen atoms in total. The van der Waals surface area contributed by atoms with Gasteiger partial charge in [0.05, 0.1) is 17.1 Å². The summed E-state index contributed by atoms with van der Waals surface area (Å²) < 4.78 is 0. The molecule has 2 aromatic rings.